The van der Waals surface area contributed by atoms with E-state index in [4.69, 9.17) is 21.7 Å². The van der Waals surface area contributed by atoms with Gasteiger partial charge in [0.25, 0.3) is 11.6 Å². The molecule has 0 atom stereocenters. The van der Waals surface area contributed by atoms with Gasteiger partial charge in [-0.25, -0.2) is 0 Å². The fraction of sp³-hybridized carbons (Fsp3) is 0.158. The number of hydrogen-bond acceptors (Lipinski definition) is 6. The van der Waals surface area contributed by atoms with Crippen LogP contribution in [-0.2, 0) is 4.79 Å². The van der Waals surface area contributed by atoms with Crippen LogP contribution in [0.5, 0.6) is 11.5 Å². The number of thiocarbonyl (C=S) groups is 1. The molecule has 1 aliphatic heterocycles. The Bertz CT molecular complexity index is 1020. The van der Waals surface area contributed by atoms with E-state index in [-0.39, 0.29) is 27.8 Å². The molecule has 0 aliphatic carbocycles. The number of hydrogen-bond donors (Lipinski definition) is 1. The molecule has 0 aromatic heterocycles. The number of carbonyl (C=O) groups is 1. The summed E-state index contributed by atoms with van der Waals surface area (Å²) in [5, 5.41) is 14.5. The minimum absolute atomic E-state index is 0.128. The fourth-order valence-corrected chi connectivity index (χ4v) is 3.17. The van der Waals surface area contributed by atoms with Crippen molar-refractivity contribution in [2.24, 2.45) is 0 Å². The number of amides is 1. The molecular formula is C19H17N3O5S. The summed E-state index contributed by atoms with van der Waals surface area (Å²) in [5.74, 6) is 0.131. The zero-order valence-electron chi connectivity index (χ0n) is 15.4. The lowest BCUT2D eigenvalue weighted by molar-refractivity contribution is -0.385. The normalized spacial score (nSPS) is 15.0. The van der Waals surface area contributed by atoms with E-state index in [1.54, 1.807) is 12.1 Å². The van der Waals surface area contributed by atoms with E-state index < -0.39 is 10.8 Å². The first kappa shape index (κ1) is 19.3. The Kier molecular flexibility index (Phi) is 5.27. The number of nitrogens with zero attached hydrogens (tertiary/aromatic N) is 2. The number of anilines is 1. The summed E-state index contributed by atoms with van der Waals surface area (Å²) < 4.78 is 10.3. The predicted octanol–water partition coefficient (Wildman–Crippen LogP) is 3.18. The van der Waals surface area contributed by atoms with Gasteiger partial charge in [0.1, 0.15) is 5.70 Å². The second-order valence-corrected chi connectivity index (χ2v) is 6.33. The summed E-state index contributed by atoms with van der Waals surface area (Å²) in [4.78, 5) is 25.2. The van der Waals surface area contributed by atoms with E-state index in [9.17, 15) is 14.9 Å². The highest BCUT2D eigenvalue weighted by molar-refractivity contribution is 7.80. The van der Waals surface area contributed by atoms with Crippen molar-refractivity contribution in [3.63, 3.8) is 0 Å². The molecule has 144 valence electrons. The first-order chi connectivity index (χ1) is 13.4. The molecule has 0 saturated carbocycles. The number of para-hydroxylation sites is 1. The lowest BCUT2D eigenvalue weighted by Gasteiger charge is -2.16. The van der Waals surface area contributed by atoms with E-state index in [0.29, 0.717) is 11.4 Å². The monoisotopic (exact) mass is 399 g/mol. The minimum Gasteiger partial charge on any atom is -0.493 e. The number of aryl methyl sites for hydroxylation is 1. The van der Waals surface area contributed by atoms with E-state index in [0.717, 1.165) is 5.56 Å². The summed E-state index contributed by atoms with van der Waals surface area (Å²) in [7, 11) is 2.81. The van der Waals surface area contributed by atoms with Crippen LogP contribution in [0, 0.1) is 17.0 Å². The summed E-state index contributed by atoms with van der Waals surface area (Å²) in [6.45, 7) is 1.87. The lowest BCUT2D eigenvalue weighted by Crippen LogP contribution is -2.30. The minimum atomic E-state index is -0.550. The largest absolute Gasteiger partial charge is 0.493 e. The molecule has 1 fully saturated rings. The number of nitrogens with one attached hydrogen (secondary N) is 1. The highest BCUT2D eigenvalue weighted by Gasteiger charge is 2.33. The van der Waals surface area contributed by atoms with Crippen LogP contribution in [0.3, 0.4) is 0 Å². The summed E-state index contributed by atoms with van der Waals surface area (Å²) in [6, 6.07) is 10.0. The molecule has 1 aliphatic rings. The third kappa shape index (κ3) is 3.39. The van der Waals surface area contributed by atoms with Crippen LogP contribution >= 0.6 is 12.2 Å². The van der Waals surface area contributed by atoms with Gasteiger partial charge in [-0.1, -0.05) is 18.2 Å². The molecule has 2 aromatic carbocycles. The topological polar surface area (TPSA) is 93.9 Å². The number of methoxy groups -OCH3 is 2. The number of rotatable bonds is 5. The van der Waals surface area contributed by atoms with Gasteiger partial charge in [0, 0.05) is 0 Å². The molecule has 2 aromatic rings. The zero-order valence-corrected chi connectivity index (χ0v) is 16.2. The molecular weight excluding hydrogens is 382 g/mol. The zero-order chi connectivity index (χ0) is 20.4. The molecule has 3 rings (SSSR count). The summed E-state index contributed by atoms with van der Waals surface area (Å²) in [6.07, 6.45) is 1.38. The maximum Gasteiger partial charge on any atom is 0.281 e. The highest BCUT2D eigenvalue weighted by atomic mass is 32.1. The SMILES string of the molecule is COc1cc(/C=C2\NC(=S)N(c3ccccc3C)C2=O)c([N+](=O)[O-])cc1OC. The molecule has 1 heterocycles. The van der Waals surface area contributed by atoms with Gasteiger partial charge in [-0.2, -0.15) is 0 Å². The van der Waals surface area contributed by atoms with Crippen LogP contribution in [0.15, 0.2) is 42.1 Å². The third-order valence-corrected chi connectivity index (χ3v) is 4.55. The molecule has 0 unspecified atom stereocenters. The second-order valence-electron chi connectivity index (χ2n) is 5.94. The van der Waals surface area contributed by atoms with Crippen molar-refractivity contribution in [2.75, 3.05) is 19.1 Å². The van der Waals surface area contributed by atoms with Crippen molar-refractivity contribution in [2.45, 2.75) is 6.92 Å². The number of nitro groups is 1. The van der Waals surface area contributed by atoms with Crippen LogP contribution in [-0.4, -0.2) is 30.2 Å². The van der Waals surface area contributed by atoms with Gasteiger partial charge in [0.05, 0.1) is 36.5 Å². The molecule has 1 amide bonds. The first-order valence-electron chi connectivity index (χ1n) is 8.20. The van der Waals surface area contributed by atoms with Gasteiger partial charge < -0.3 is 14.8 Å². The Morgan fingerprint density at radius 3 is 2.43 bits per heavy atom. The lowest BCUT2D eigenvalue weighted by atomic mass is 10.1. The van der Waals surface area contributed by atoms with E-state index in [1.165, 1.54) is 37.3 Å². The maximum atomic E-state index is 12.9. The van der Waals surface area contributed by atoms with Crippen LogP contribution in [0.1, 0.15) is 11.1 Å². The van der Waals surface area contributed by atoms with Crippen molar-refractivity contribution in [1.82, 2.24) is 5.32 Å². The van der Waals surface area contributed by atoms with E-state index in [1.807, 2.05) is 19.1 Å². The maximum absolute atomic E-state index is 12.9. The molecule has 9 heteroatoms. The van der Waals surface area contributed by atoms with Gasteiger partial charge in [0.15, 0.2) is 16.6 Å². The highest BCUT2D eigenvalue weighted by Crippen LogP contribution is 2.36. The average molecular weight is 399 g/mol. The van der Waals surface area contributed by atoms with Gasteiger partial charge in [-0.15, -0.1) is 0 Å². The van der Waals surface area contributed by atoms with Crippen LogP contribution in [0.2, 0.25) is 0 Å². The molecule has 1 saturated heterocycles. The van der Waals surface area contributed by atoms with Gasteiger partial charge in [-0.05, 0) is 42.9 Å². The standard InChI is InChI=1S/C19H17N3O5S/c1-11-6-4-5-7-14(11)21-18(23)13(20-19(21)28)8-12-9-16(26-2)17(27-3)10-15(12)22(24)25/h4-10H,1-3H3,(H,20,28)/b13-8-. The van der Waals surface area contributed by atoms with Crippen molar-refractivity contribution in [1.29, 1.82) is 0 Å². The van der Waals surface area contributed by atoms with Gasteiger partial charge >= 0.3 is 0 Å². The van der Waals surface area contributed by atoms with Crippen molar-refractivity contribution < 1.29 is 19.2 Å². The predicted molar refractivity (Wildman–Crippen MR) is 109 cm³/mol. The molecule has 0 bridgehead atoms. The van der Waals surface area contributed by atoms with Crippen molar-refractivity contribution in [3.8, 4) is 11.5 Å². The van der Waals surface area contributed by atoms with Gasteiger partial charge in [0.2, 0.25) is 0 Å². The Morgan fingerprint density at radius 1 is 1.18 bits per heavy atom. The number of nitro benzene ring substituents is 1. The van der Waals surface area contributed by atoms with E-state index >= 15 is 0 Å². The fourth-order valence-electron chi connectivity index (χ4n) is 2.88. The number of ether oxygens (including phenoxy) is 2. The van der Waals surface area contributed by atoms with E-state index in [2.05, 4.69) is 5.32 Å². The third-order valence-electron chi connectivity index (χ3n) is 4.26. The second kappa shape index (κ2) is 7.65. The Labute approximate surface area is 166 Å². The van der Waals surface area contributed by atoms with Crippen LogP contribution in [0.25, 0.3) is 6.08 Å². The van der Waals surface area contributed by atoms with Crippen molar-refractivity contribution >= 4 is 40.7 Å². The Hall–Kier alpha value is -3.46. The molecule has 28 heavy (non-hydrogen) atoms. The quantitative estimate of drug-likeness (QED) is 0.357. The van der Waals surface area contributed by atoms with Crippen molar-refractivity contribution in [3.05, 3.63) is 63.3 Å². The number of benzene rings is 2. The molecule has 8 nitrogen and oxygen atoms in total. The van der Waals surface area contributed by atoms with Gasteiger partial charge in [-0.3, -0.25) is 19.8 Å². The van der Waals surface area contributed by atoms with Crippen LogP contribution < -0.4 is 19.7 Å². The Balaban J connectivity index is 2.07. The molecule has 0 radical (unpaired) electrons. The first-order valence-corrected chi connectivity index (χ1v) is 8.61. The smallest absolute Gasteiger partial charge is 0.281 e. The molecule has 0 spiro atoms. The number of carbonyl (C=O) groups excluding carboxylic acids is 1. The molecule has 1 N–H and O–H groups in total. The average Bonchev–Trinajstić information content (AvgIpc) is 2.95. The summed E-state index contributed by atoms with van der Waals surface area (Å²) in [5.41, 5.74) is 1.62. The summed E-state index contributed by atoms with van der Waals surface area (Å²) >= 11 is 5.30. The Morgan fingerprint density at radius 2 is 1.82 bits per heavy atom. The van der Waals surface area contributed by atoms with Crippen LogP contribution in [0.4, 0.5) is 11.4 Å².